The first-order chi connectivity index (χ1) is 13.8. The minimum Gasteiger partial charge on any atom is -0.365 e. The van der Waals surface area contributed by atoms with Crippen molar-refractivity contribution in [2.75, 3.05) is 5.32 Å². The molecule has 0 fully saturated rings. The van der Waals surface area contributed by atoms with Crippen molar-refractivity contribution in [3.05, 3.63) is 65.4 Å². The fourth-order valence-corrected chi connectivity index (χ4v) is 3.71. The predicted octanol–water partition coefficient (Wildman–Crippen LogP) is 2.94. The summed E-state index contributed by atoms with van der Waals surface area (Å²) in [5, 5.41) is 13.8. The van der Waals surface area contributed by atoms with Crippen LogP contribution in [-0.2, 0) is 23.6 Å². The summed E-state index contributed by atoms with van der Waals surface area (Å²) in [5.41, 5.74) is 3.14. The number of nitrogens with one attached hydrogen (secondary N) is 1. The first-order valence-electron chi connectivity index (χ1n) is 8.64. The topological polar surface area (TPSA) is 116 Å². The highest BCUT2D eigenvalue weighted by Crippen LogP contribution is 2.32. The van der Waals surface area contributed by atoms with Crippen LogP contribution >= 0.6 is 11.6 Å². The zero-order chi connectivity index (χ0) is 20.6. The van der Waals surface area contributed by atoms with E-state index in [9.17, 15) is 8.42 Å². The smallest absolute Gasteiger partial charge is 0.238 e. The number of sulfonamides is 1. The maximum absolute atomic E-state index is 11.4. The molecule has 2 heterocycles. The van der Waals surface area contributed by atoms with Crippen LogP contribution in [0.15, 0.2) is 59.5 Å². The highest BCUT2D eigenvalue weighted by Gasteiger charge is 2.18. The van der Waals surface area contributed by atoms with Crippen LogP contribution in [0.4, 0.5) is 5.82 Å². The minimum absolute atomic E-state index is 0.0624. The van der Waals surface area contributed by atoms with Crippen LogP contribution in [0.1, 0.15) is 5.56 Å². The first-order valence-corrected chi connectivity index (χ1v) is 10.6. The molecule has 0 spiro atoms. The molecule has 2 aromatic carbocycles. The van der Waals surface area contributed by atoms with E-state index in [4.69, 9.17) is 16.7 Å². The average Bonchev–Trinajstić information content (AvgIpc) is 3.03. The van der Waals surface area contributed by atoms with Crippen LogP contribution < -0.4 is 10.5 Å². The van der Waals surface area contributed by atoms with E-state index in [1.165, 1.54) is 12.1 Å². The van der Waals surface area contributed by atoms with Gasteiger partial charge < -0.3 is 5.32 Å². The van der Waals surface area contributed by atoms with E-state index in [2.05, 4.69) is 20.4 Å². The second kappa shape index (κ2) is 7.43. The van der Waals surface area contributed by atoms with E-state index in [-0.39, 0.29) is 10.2 Å². The number of nitrogens with zero attached hydrogens (tertiary/aromatic N) is 4. The second-order valence-electron chi connectivity index (χ2n) is 6.42. The lowest BCUT2D eigenvalue weighted by atomic mass is 10.1. The Bertz CT molecular complexity index is 1290. The molecule has 0 unspecified atom stereocenters. The third-order valence-corrected chi connectivity index (χ3v) is 5.51. The van der Waals surface area contributed by atoms with Gasteiger partial charge in [0.25, 0.3) is 0 Å². The number of aryl methyl sites for hydroxylation is 1. The number of benzene rings is 2. The lowest BCUT2D eigenvalue weighted by Crippen LogP contribution is -2.12. The molecule has 4 rings (SSSR count). The fraction of sp³-hybridized carbons (Fsp3) is 0.105. The standard InChI is InChI=1S/C19H17ClN6O2S/c1-26-18-15(16(25-26)13-5-3-2-4-6-13)17(23-19(20)24-18)22-11-12-7-9-14(10-8-12)29(21,27)28/h2-10H,11H2,1H3,(H2,21,27,28)(H,22,23,24). The van der Waals surface area contributed by atoms with Crippen molar-refractivity contribution < 1.29 is 8.42 Å². The highest BCUT2D eigenvalue weighted by atomic mass is 35.5. The van der Waals surface area contributed by atoms with Crippen LogP contribution in [0.25, 0.3) is 22.3 Å². The van der Waals surface area contributed by atoms with E-state index in [0.717, 1.165) is 22.2 Å². The molecular formula is C19H17ClN6O2S. The molecule has 0 aliphatic heterocycles. The van der Waals surface area contributed by atoms with Crippen LogP contribution in [0, 0.1) is 0 Å². The van der Waals surface area contributed by atoms with E-state index in [1.54, 1.807) is 23.9 Å². The van der Waals surface area contributed by atoms with Crippen LogP contribution in [0.5, 0.6) is 0 Å². The Labute approximate surface area is 172 Å². The molecule has 2 aromatic heterocycles. The summed E-state index contributed by atoms with van der Waals surface area (Å²) in [4.78, 5) is 8.72. The lowest BCUT2D eigenvalue weighted by molar-refractivity contribution is 0.598. The summed E-state index contributed by atoms with van der Waals surface area (Å²) in [6.45, 7) is 0.399. The van der Waals surface area contributed by atoms with Crippen molar-refractivity contribution in [3.8, 4) is 11.3 Å². The summed E-state index contributed by atoms with van der Waals surface area (Å²) < 4.78 is 24.5. The maximum atomic E-state index is 11.4. The number of aromatic nitrogens is 4. The normalized spacial score (nSPS) is 11.7. The number of primary sulfonamides is 1. The summed E-state index contributed by atoms with van der Waals surface area (Å²) in [6, 6.07) is 16.1. The van der Waals surface area contributed by atoms with E-state index in [1.807, 2.05) is 30.3 Å². The van der Waals surface area contributed by atoms with Crippen molar-refractivity contribution in [3.63, 3.8) is 0 Å². The fourth-order valence-electron chi connectivity index (χ4n) is 3.03. The number of rotatable bonds is 5. The van der Waals surface area contributed by atoms with Crippen molar-refractivity contribution in [1.29, 1.82) is 0 Å². The Morgan fingerprint density at radius 1 is 1.07 bits per heavy atom. The molecule has 4 aromatic rings. The van der Waals surface area contributed by atoms with Gasteiger partial charge in [0.05, 0.1) is 10.3 Å². The molecule has 29 heavy (non-hydrogen) atoms. The first kappa shape index (κ1) is 19.3. The van der Waals surface area contributed by atoms with Gasteiger partial charge in [0.2, 0.25) is 15.3 Å². The van der Waals surface area contributed by atoms with E-state index in [0.29, 0.717) is 18.0 Å². The highest BCUT2D eigenvalue weighted by molar-refractivity contribution is 7.89. The molecule has 0 saturated carbocycles. The van der Waals surface area contributed by atoms with Gasteiger partial charge in [0.1, 0.15) is 11.5 Å². The number of nitrogens with two attached hydrogens (primary N) is 1. The van der Waals surface area contributed by atoms with Gasteiger partial charge in [-0.05, 0) is 29.3 Å². The van der Waals surface area contributed by atoms with Crippen molar-refractivity contribution in [2.24, 2.45) is 12.2 Å². The van der Waals surface area contributed by atoms with Crippen molar-refractivity contribution >= 4 is 38.5 Å². The largest absolute Gasteiger partial charge is 0.365 e. The summed E-state index contributed by atoms with van der Waals surface area (Å²) >= 11 is 6.12. The average molecular weight is 429 g/mol. The van der Waals surface area contributed by atoms with Crippen molar-refractivity contribution in [1.82, 2.24) is 19.7 Å². The van der Waals surface area contributed by atoms with Gasteiger partial charge in [0, 0.05) is 19.2 Å². The van der Waals surface area contributed by atoms with Gasteiger partial charge >= 0.3 is 0 Å². The zero-order valence-corrected chi connectivity index (χ0v) is 16.9. The summed E-state index contributed by atoms with van der Waals surface area (Å²) in [5.74, 6) is 0.544. The third-order valence-electron chi connectivity index (χ3n) is 4.42. The minimum atomic E-state index is -3.72. The monoisotopic (exact) mass is 428 g/mol. The molecule has 0 atom stereocenters. The molecule has 0 saturated heterocycles. The van der Waals surface area contributed by atoms with Crippen LogP contribution in [0.3, 0.4) is 0 Å². The van der Waals surface area contributed by atoms with Gasteiger partial charge in [-0.25, -0.2) is 18.2 Å². The lowest BCUT2D eigenvalue weighted by Gasteiger charge is -2.09. The molecule has 0 aliphatic carbocycles. The Morgan fingerprint density at radius 3 is 2.41 bits per heavy atom. The van der Waals surface area contributed by atoms with Gasteiger partial charge in [-0.1, -0.05) is 42.5 Å². The summed E-state index contributed by atoms with van der Waals surface area (Å²) in [7, 11) is -1.92. The quantitative estimate of drug-likeness (QED) is 0.472. The molecule has 0 amide bonds. The van der Waals surface area contributed by atoms with Crippen LogP contribution in [-0.4, -0.2) is 28.2 Å². The van der Waals surface area contributed by atoms with Crippen molar-refractivity contribution in [2.45, 2.75) is 11.4 Å². The molecule has 0 bridgehead atoms. The number of anilines is 1. The Hall–Kier alpha value is -3.01. The zero-order valence-electron chi connectivity index (χ0n) is 15.4. The number of halogens is 1. The van der Waals surface area contributed by atoms with Crippen LogP contribution in [0.2, 0.25) is 5.28 Å². The summed E-state index contributed by atoms with van der Waals surface area (Å²) in [6.07, 6.45) is 0. The number of hydrogen-bond donors (Lipinski definition) is 2. The predicted molar refractivity (Wildman–Crippen MR) is 112 cm³/mol. The third kappa shape index (κ3) is 3.93. The Balaban J connectivity index is 1.72. The molecule has 148 valence electrons. The Morgan fingerprint density at radius 2 is 1.76 bits per heavy atom. The van der Waals surface area contributed by atoms with Gasteiger partial charge in [-0.3, -0.25) is 0 Å². The van der Waals surface area contributed by atoms with Gasteiger partial charge in [-0.15, -0.1) is 0 Å². The van der Waals surface area contributed by atoms with E-state index >= 15 is 0 Å². The second-order valence-corrected chi connectivity index (χ2v) is 8.32. The SMILES string of the molecule is Cn1nc(-c2ccccc2)c2c(NCc3ccc(S(N)(=O)=O)cc3)nc(Cl)nc21. The molecule has 10 heteroatoms. The molecule has 0 radical (unpaired) electrons. The molecule has 3 N–H and O–H groups in total. The molecule has 0 aliphatic rings. The number of hydrogen-bond acceptors (Lipinski definition) is 6. The maximum Gasteiger partial charge on any atom is 0.238 e. The number of fused-ring (bicyclic) bond motifs is 1. The van der Waals surface area contributed by atoms with Gasteiger partial charge in [-0.2, -0.15) is 15.1 Å². The molecule has 8 nitrogen and oxygen atoms in total. The van der Waals surface area contributed by atoms with Gasteiger partial charge in [0.15, 0.2) is 5.65 Å². The molecular weight excluding hydrogens is 412 g/mol. The Kier molecular flexibility index (Phi) is 4.95. The van der Waals surface area contributed by atoms with E-state index < -0.39 is 10.0 Å².